The number of aryl methyl sites for hydroxylation is 1. The summed E-state index contributed by atoms with van der Waals surface area (Å²) in [6.07, 6.45) is 2.41. The zero-order valence-corrected chi connectivity index (χ0v) is 10.2. The number of carbonyl (C=O) groups is 1. The summed E-state index contributed by atoms with van der Waals surface area (Å²) >= 11 is 0. The Bertz CT molecular complexity index is 590. The minimum absolute atomic E-state index is 0.118. The topological polar surface area (TPSA) is 51.0 Å². The summed E-state index contributed by atoms with van der Waals surface area (Å²) in [4.78, 5) is 14.0. The Kier molecular flexibility index (Phi) is 2.59. The van der Waals surface area contributed by atoms with Crippen LogP contribution in [0.15, 0.2) is 30.6 Å². The zero-order valence-electron chi connectivity index (χ0n) is 10.2. The normalized spacial score (nSPS) is 14.1. The van der Waals surface area contributed by atoms with E-state index in [-0.39, 0.29) is 5.91 Å². The number of fused-ring (bicyclic) bond motifs is 1. The zero-order chi connectivity index (χ0) is 12.5. The van der Waals surface area contributed by atoms with E-state index >= 15 is 0 Å². The van der Waals surface area contributed by atoms with Crippen molar-refractivity contribution in [3.63, 3.8) is 0 Å². The van der Waals surface area contributed by atoms with Gasteiger partial charge in [-0.05, 0) is 11.6 Å². The summed E-state index contributed by atoms with van der Waals surface area (Å²) in [5.74, 6) is 1.02. The Morgan fingerprint density at radius 3 is 2.89 bits per heavy atom. The number of nitrogens with zero attached hydrogens (tertiary/aromatic N) is 4. The van der Waals surface area contributed by atoms with E-state index in [4.69, 9.17) is 0 Å². The molecule has 0 radical (unpaired) electrons. The van der Waals surface area contributed by atoms with Crippen molar-refractivity contribution in [2.75, 3.05) is 6.54 Å². The number of benzene rings is 1. The molecule has 0 saturated carbocycles. The minimum atomic E-state index is 0.118. The van der Waals surface area contributed by atoms with Crippen molar-refractivity contribution in [1.82, 2.24) is 19.7 Å². The van der Waals surface area contributed by atoms with Crippen LogP contribution in [0.5, 0.6) is 0 Å². The highest BCUT2D eigenvalue weighted by molar-refractivity contribution is 5.98. The summed E-state index contributed by atoms with van der Waals surface area (Å²) in [5, 5.41) is 7.86. The molecule has 0 atom stereocenters. The van der Waals surface area contributed by atoms with Crippen LogP contribution in [0.3, 0.4) is 0 Å². The van der Waals surface area contributed by atoms with E-state index in [1.54, 1.807) is 6.33 Å². The first-order valence-corrected chi connectivity index (χ1v) is 5.96. The van der Waals surface area contributed by atoms with E-state index < -0.39 is 0 Å². The Labute approximate surface area is 105 Å². The third-order valence-electron chi connectivity index (χ3n) is 3.31. The van der Waals surface area contributed by atoms with Gasteiger partial charge < -0.3 is 9.47 Å². The van der Waals surface area contributed by atoms with Gasteiger partial charge in [-0.25, -0.2) is 0 Å². The van der Waals surface area contributed by atoms with Crippen molar-refractivity contribution in [3.05, 3.63) is 47.5 Å². The second-order valence-corrected chi connectivity index (χ2v) is 4.49. The number of amides is 1. The fourth-order valence-corrected chi connectivity index (χ4v) is 2.26. The number of hydrogen-bond donors (Lipinski definition) is 0. The van der Waals surface area contributed by atoms with Gasteiger partial charge in [-0.1, -0.05) is 18.2 Å². The minimum Gasteiger partial charge on any atom is -0.334 e. The summed E-state index contributed by atoms with van der Waals surface area (Å²) < 4.78 is 1.88. The summed E-state index contributed by atoms with van der Waals surface area (Å²) in [6, 6.07) is 7.77. The molecule has 1 amide bonds. The van der Waals surface area contributed by atoms with Crippen molar-refractivity contribution in [2.24, 2.45) is 7.05 Å². The largest absolute Gasteiger partial charge is 0.334 e. The van der Waals surface area contributed by atoms with Crippen molar-refractivity contribution in [1.29, 1.82) is 0 Å². The first-order chi connectivity index (χ1) is 8.75. The molecule has 18 heavy (non-hydrogen) atoms. The van der Waals surface area contributed by atoms with Crippen LogP contribution < -0.4 is 0 Å². The van der Waals surface area contributed by atoms with Gasteiger partial charge in [0.1, 0.15) is 12.2 Å². The van der Waals surface area contributed by atoms with Gasteiger partial charge in [0.15, 0.2) is 0 Å². The van der Waals surface area contributed by atoms with Crippen LogP contribution in [0.2, 0.25) is 0 Å². The van der Waals surface area contributed by atoms with Crippen LogP contribution in [-0.4, -0.2) is 32.1 Å². The lowest BCUT2D eigenvalue weighted by Gasteiger charge is -2.14. The van der Waals surface area contributed by atoms with E-state index in [0.717, 1.165) is 23.4 Å². The molecule has 0 fully saturated rings. The van der Waals surface area contributed by atoms with Crippen LogP contribution in [0.4, 0.5) is 0 Å². The molecule has 0 saturated heterocycles. The summed E-state index contributed by atoms with van der Waals surface area (Å²) in [6.45, 7) is 1.38. The molecule has 3 rings (SSSR count). The molecular weight excluding hydrogens is 228 g/mol. The molecule has 1 aromatic heterocycles. The predicted octanol–water partition coefficient (Wildman–Crippen LogP) is 1.01. The Balaban J connectivity index is 1.70. The Morgan fingerprint density at radius 2 is 2.17 bits per heavy atom. The highest BCUT2D eigenvalue weighted by atomic mass is 16.2. The highest BCUT2D eigenvalue weighted by Gasteiger charge is 2.26. The van der Waals surface area contributed by atoms with Crippen LogP contribution in [-0.2, 0) is 20.0 Å². The van der Waals surface area contributed by atoms with Gasteiger partial charge in [-0.15, -0.1) is 10.2 Å². The number of rotatable bonds is 3. The predicted molar refractivity (Wildman–Crippen MR) is 65.9 cm³/mol. The maximum atomic E-state index is 12.1. The molecule has 5 nitrogen and oxygen atoms in total. The second-order valence-electron chi connectivity index (χ2n) is 4.49. The van der Waals surface area contributed by atoms with Crippen LogP contribution in [0.1, 0.15) is 21.7 Å². The summed E-state index contributed by atoms with van der Waals surface area (Å²) in [5.41, 5.74) is 1.94. The standard InChI is InChI=1S/C13H14N4O/c1-16-9-14-15-12(16)6-7-17-8-10-4-2-3-5-11(10)13(17)18/h2-5,9H,6-8H2,1H3. The van der Waals surface area contributed by atoms with Crippen molar-refractivity contribution in [3.8, 4) is 0 Å². The molecule has 1 aliphatic rings. The van der Waals surface area contributed by atoms with E-state index in [1.165, 1.54) is 0 Å². The Hall–Kier alpha value is -2.17. The van der Waals surface area contributed by atoms with Gasteiger partial charge >= 0.3 is 0 Å². The lowest BCUT2D eigenvalue weighted by molar-refractivity contribution is 0.0779. The van der Waals surface area contributed by atoms with Crippen molar-refractivity contribution >= 4 is 5.91 Å². The van der Waals surface area contributed by atoms with E-state index in [1.807, 2.05) is 40.8 Å². The lowest BCUT2D eigenvalue weighted by Crippen LogP contribution is -2.26. The van der Waals surface area contributed by atoms with Gasteiger partial charge in [0.25, 0.3) is 5.91 Å². The quantitative estimate of drug-likeness (QED) is 0.807. The second kappa shape index (κ2) is 4.25. The van der Waals surface area contributed by atoms with Crippen molar-refractivity contribution in [2.45, 2.75) is 13.0 Å². The van der Waals surface area contributed by atoms with Crippen LogP contribution in [0, 0.1) is 0 Å². The van der Waals surface area contributed by atoms with E-state index in [9.17, 15) is 4.79 Å². The molecule has 0 aliphatic carbocycles. The molecular formula is C13H14N4O. The van der Waals surface area contributed by atoms with Crippen molar-refractivity contribution < 1.29 is 4.79 Å². The van der Waals surface area contributed by atoms with Gasteiger partial charge in [0.2, 0.25) is 0 Å². The number of aromatic nitrogens is 3. The fraction of sp³-hybridized carbons (Fsp3) is 0.308. The van der Waals surface area contributed by atoms with Gasteiger partial charge in [-0.2, -0.15) is 0 Å². The average molecular weight is 242 g/mol. The first-order valence-electron chi connectivity index (χ1n) is 5.96. The SMILES string of the molecule is Cn1cnnc1CCN1Cc2ccccc2C1=O. The molecule has 1 aromatic carbocycles. The van der Waals surface area contributed by atoms with Gasteiger partial charge in [0.05, 0.1) is 0 Å². The number of hydrogen-bond acceptors (Lipinski definition) is 3. The molecule has 0 bridgehead atoms. The number of carbonyl (C=O) groups excluding carboxylic acids is 1. The molecule has 5 heteroatoms. The molecule has 92 valence electrons. The molecule has 0 N–H and O–H groups in total. The molecule has 0 unspecified atom stereocenters. The van der Waals surface area contributed by atoms with Gasteiger partial charge in [0, 0.05) is 32.1 Å². The first kappa shape index (κ1) is 11.0. The van der Waals surface area contributed by atoms with Gasteiger partial charge in [-0.3, -0.25) is 4.79 Å². The third kappa shape index (κ3) is 1.77. The average Bonchev–Trinajstić information content (AvgIpc) is 2.92. The maximum Gasteiger partial charge on any atom is 0.254 e. The van der Waals surface area contributed by atoms with Crippen LogP contribution >= 0.6 is 0 Å². The molecule has 0 spiro atoms. The lowest BCUT2D eigenvalue weighted by atomic mass is 10.1. The molecule has 2 aromatic rings. The third-order valence-corrected chi connectivity index (χ3v) is 3.31. The Morgan fingerprint density at radius 1 is 1.33 bits per heavy atom. The summed E-state index contributed by atoms with van der Waals surface area (Å²) in [7, 11) is 1.91. The highest BCUT2D eigenvalue weighted by Crippen LogP contribution is 2.22. The fourth-order valence-electron chi connectivity index (χ4n) is 2.26. The smallest absolute Gasteiger partial charge is 0.254 e. The van der Waals surface area contributed by atoms with E-state index in [2.05, 4.69) is 10.2 Å². The maximum absolute atomic E-state index is 12.1. The van der Waals surface area contributed by atoms with E-state index in [0.29, 0.717) is 13.1 Å². The van der Waals surface area contributed by atoms with Crippen LogP contribution in [0.25, 0.3) is 0 Å². The monoisotopic (exact) mass is 242 g/mol. The molecule has 1 aliphatic heterocycles. The molecule has 2 heterocycles.